The van der Waals surface area contributed by atoms with E-state index in [1.807, 2.05) is 0 Å². The van der Waals surface area contributed by atoms with Crippen LogP contribution >= 0.6 is 23.2 Å². The topological polar surface area (TPSA) is 40.5 Å². The van der Waals surface area contributed by atoms with E-state index in [0.717, 1.165) is 0 Å². The highest BCUT2D eigenvalue weighted by molar-refractivity contribution is 6.31. The Bertz CT molecular complexity index is 627. The fraction of sp³-hybridized carbons (Fsp3) is 0.250. The van der Waals surface area contributed by atoms with E-state index in [4.69, 9.17) is 23.2 Å². The minimum atomic E-state index is -0.945. The Kier molecular flexibility index (Phi) is 5.22. The normalized spacial score (nSPS) is 11.7. The molecule has 5 heteroatoms. The van der Waals surface area contributed by atoms with Crippen molar-refractivity contribution in [2.24, 2.45) is 0 Å². The summed E-state index contributed by atoms with van der Waals surface area (Å²) in [7, 11) is 0. The summed E-state index contributed by atoms with van der Waals surface area (Å²) in [5.41, 5.74) is 0.418. The average Bonchev–Trinajstić information content (AvgIpc) is 2.49. The third kappa shape index (κ3) is 3.38. The molecule has 0 bridgehead atoms. The first-order valence-corrected chi connectivity index (χ1v) is 7.18. The zero-order valence-corrected chi connectivity index (χ0v) is 12.7. The van der Waals surface area contributed by atoms with Crippen molar-refractivity contribution < 1.29 is 14.6 Å². The van der Waals surface area contributed by atoms with Gasteiger partial charge in [0.1, 0.15) is 5.82 Å². The Morgan fingerprint density at radius 3 is 2.19 bits per heavy atom. The summed E-state index contributed by atoms with van der Waals surface area (Å²) in [6.07, 6.45) is 0.295. The van der Waals surface area contributed by atoms with Crippen LogP contribution in [-0.2, 0) is 11.8 Å². The Hall–Kier alpha value is -1.13. The number of benzene rings is 2. The molecule has 0 aliphatic heterocycles. The van der Waals surface area contributed by atoms with Crippen molar-refractivity contribution in [3.63, 3.8) is 0 Å². The van der Waals surface area contributed by atoms with Gasteiger partial charge in [0, 0.05) is 10.4 Å². The lowest BCUT2D eigenvalue weighted by Gasteiger charge is -2.31. The van der Waals surface area contributed by atoms with Gasteiger partial charge in [0.25, 0.3) is 0 Å². The Balaban J connectivity index is 2.43. The van der Waals surface area contributed by atoms with Crippen molar-refractivity contribution in [3.05, 3.63) is 69.5 Å². The lowest BCUT2D eigenvalue weighted by Crippen LogP contribution is -2.37. The largest absolute Gasteiger partial charge is 0.395 e. The van der Waals surface area contributed by atoms with Gasteiger partial charge in [-0.15, -0.1) is 0 Å². The lowest BCUT2D eigenvalue weighted by atomic mass is 9.77. The third-order valence-corrected chi connectivity index (χ3v) is 4.20. The molecule has 0 fully saturated rings. The first-order valence-electron chi connectivity index (χ1n) is 6.43. The van der Waals surface area contributed by atoms with E-state index < -0.39 is 11.2 Å². The highest BCUT2D eigenvalue weighted by Gasteiger charge is 2.33. The number of hydrogen-bond donors (Lipinski definition) is 2. The van der Waals surface area contributed by atoms with E-state index in [-0.39, 0.29) is 18.2 Å². The SMILES string of the molecule is OCC(CO)(Cc1ccc(F)c(Cl)c1)c1ccccc1Cl. The Morgan fingerprint density at radius 2 is 1.62 bits per heavy atom. The van der Waals surface area contributed by atoms with Gasteiger partial charge < -0.3 is 10.2 Å². The van der Waals surface area contributed by atoms with Crippen LogP contribution in [0.4, 0.5) is 4.39 Å². The van der Waals surface area contributed by atoms with Crippen LogP contribution in [0.5, 0.6) is 0 Å². The summed E-state index contributed by atoms with van der Waals surface area (Å²) in [5.74, 6) is -0.503. The number of halogens is 3. The zero-order valence-electron chi connectivity index (χ0n) is 11.2. The number of hydrogen-bond acceptors (Lipinski definition) is 2. The van der Waals surface area contributed by atoms with E-state index in [2.05, 4.69) is 0 Å². The molecule has 112 valence electrons. The third-order valence-electron chi connectivity index (χ3n) is 3.58. The first-order chi connectivity index (χ1) is 10.0. The molecule has 21 heavy (non-hydrogen) atoms. The van der Waals surface area contributed by atoms with Gasteiger partial charge in [-0.25, -0.2) is 4.39 Å². The second-order valence-corrected chi connectivity index (χ2v) is 5.82. The van der Waals surface area contributed by atoms with Crippen LogP contribution in [0.3, 0.4) is 0 Å². The number of aliphatic hydroxyl groups is 2. The maximum Gasteiger partial charge on any atom is 0.141 e. The van der Waals surface area contributed by atoms with Crippen LogP contribution in [0.25, 0.3) is 0 Å². The lowest BCUT2D eigenvalue weighted by molar-refractivity contribution is 0.116. The molecule has 0 spiro atoms. The quantitative estimate of drug-likeness (QED) is 0.880. The smallest absolute Gasteiger partial charge is 0.141 e. The molecule has 0 heterocycles. The maximum atomic E-state index is 13.2. The molecular formula is C16H15Cl2FO2. The van der Waals surface area contributed by atoms with Crippen LogP contribution in [-0.4, -0.2) is 23.4 Å². The fourth-order valence-corrected chi connectivity index (χ4v) is 2.90. The molecule has 0 saturated heterocycles. The van der Waals surface area contributed by atoms with Crippen molar-refractivity contribution in [3.8, 4) is 0 Å². The van der Waals surface area contributed by atoms with E-state index in [1.165, 1.54) is 12.1 Å². The Labute approximate surface area is 132 Å². The molecule has 0 atom stereocenters. The predicted octanol–water partition coefficient (Wildman–Crippen LogP) is 3.60. The fourth-order valence-electron chi connectivity index (χ4n) is 2.36. The van der Waals surface area contributed by atoms with Gasteiger partial charge in [-0.2, -0.15) is 0 Å². The molecule has 0 saturated carbocycles. The molecule has 2 nitrogen and oxygen atoms in total. The van der Waals surface area contributed by atoms with Crippen LogP contribution in [0.15, 0.2) is 42.5 Å². The molecule has 0 aromatic heterocycles. The van der Waals surface area contributed by atoms with Crippen molar-refractivity contribution in [1.82, 2.24) is 0 Å². The summed E-state index contributed by atoms with van der Waals surface area (Å²) in [5, 5.41) is 20.1. The zero-order chi connectivity index (χ0) is 15.5. The molecule has 2 rings (SSSR count). The van der Waals surface area contributed by atoms with E-state index in [0.29, 0.717) is 22.6 Å². The molecule has 0 aliphatic carbocycles. The maximum absolute atomic E-state index is 13.2. The summed E-state index contributed by atoms with van der Waals surface area (Å²) >= 11 is 12.0. The highest BCUT2D eigenvalue weighted by atomic mass is 35.5. The van der Waals surface area contributed by atoms with E-state index in [1.54, 1.807) is 30.3 Å². The second kappa shape index (κ2) is 6.75. The summed E-state index contributed by atoms with van der Waals surface area (Å²) < 4.78 is 13.2. The summed E-state index contributed by atoms with van der Waals surface area (Å²) in [4.78, 5) is 0. The molecule has 0 unspecified atom stereocenters. The molecule has 0 radical (unpaired) electrons. The van der Waals surface area contributed by atoms with Gasteiger partial charge in [-0.05, 0) is 35.7 Å². The van der Waals surface area contributed by atoms with Gasteiger partial charge in [-0.1, -0.05) is 47.5 Å². The standard InChI is InChI=1S/C16H15Cl2FO2/c17-13-4-2-1-3-12(13)16(9-20,10-21)8-11-5-6-15(19)14(18)7-11/h1-7,20-21H,8-10H2. The van der Waals surface area contributed by atoms with E-state index in [9.17, 15) is 14.6 Å². The van der Waals surface area contributed by atoms with Gasteiger partial charge in [-0.3, -0.25) is 0 Å². The first kappa shape index (κ1) is 16.2. The molecule has 2 aromatic carbocycles. The average molecular weight is 329 g/mol. The van der Waals surface area contributed by atoms with Crippen LogP contribution in [0.1, 0.15) is 11.1 Å². The highest BCUT2D eigenvalue weighted by Crippen LogP contribution is 2.33. The molecule has 2 aromatic rings. The predicted molar refractivity (Wildman–Crippen MR) is 82.4 cm³/mol. The van der Waals surface area contributed by atoms with Crippen molar-refractivity contribution in [2.75, 3.05) is 13.2 Å². The molecule has 0 aliphatic rings. The van der Waals surface area contributed by atoms with Gasteiger partial charge in [0.05, 0.1) is 18.2 Å². The van der Waals surface area contributed by atoms with Crippen molar-refractivity contribution in [2.45, 2.75) is 11.8 Å². The summed E-state index contributed by atoms with van der Waals surface area (Å²) in [6, 6.07) is 11.4. The molecule has 0 amide bonds. The van der Waals surface area contributed by atoms with Crippen molar-refractivity contribution in [1.29, 1.82) is 0 Å². The second-order valence-electron chi connectivity index (χ2n) is 5.00. The van der Waals surface area contributed by atoms with Crippen LogP contribution < -0.4 is 0 Å². The monoisotopic (exact) mass is 328 g/mol. The molecular weight excluding hydrogens is 314 g/mol. The van der Waals surface area contributed by atoms with Gasteiger partial charge >= 0.3 is 0 Å². The van der Waals surface area contributed by atoms with Crippen LogP contribution in [0, 0.1) is 5.82 Å². The van der Waals surface area contributed by atoms with Crippen molar-refractivity contribution >= 4 is 23.2 Å². The van der Waals surface area contributed by atoms with E-state index >= 15 is 0 Å². The minimum Gasteiger partial charge on any atom is -0.395 e. The van der Waals surface area contributed by atoms with Crippen LogP contribution in [0.2, 0.25) is 10.0 Å². The summed E-state index contributed by atoms with van der Waals surface area (Å²) in [6.45, 7) is -0.579. The van der Waals surface area contributed by atoms with Gasteiger partial charge in [0.2, 0.25) is 0 Å². The minimum absolute atomic E-state index is 0.0106. The van der Waals surface area contributed by atoms with Gasteiger partial charge in [0.15, 0.2) is 0 Å². The Morgan fingerprint density at radius 1 is 0.952 bits per heavy atom. The molecule has 2 N–H and O–H groups in total. The number of aliphatic hydroxyl groups excluding tert-OH is 2. The number of rotatable bonds is 5.